The summed E-state index contributed by atoms with van der Waals surface area (Å²) < 4.78 is 11.1. The van der Waals surface area contributed by atoms with Gasteiger partial charge >= 0.3 is 0 Å². The van der Waals surface area contributed by atoms with Gasteiger partial charge in [0.05, 0.1) is 13.2 Å². The van der Waals surface area contributed by atoms with Gasteiger partial charge in [0.2, 0.25) is 0 Å². The normalized spacial score (nSPS) is 32.1. The molecule has 0 N–H and O–H groups in total. The molecule has 124 valence electrons. The molecule has 4 nitrogen and oxygen atoms in total. The molecule has 2 unspecified atom stereocenters. The smallest absolute Gasteiger partial charge is 0.184 e. The van der Waals surface area contributed by atoms with E-state index in [1.54, 1.807) is 0 Å². The molecule has 0 aliphatic carbocycles. The summed E-state index contributed by atoms with van der Waals surface area (Å²) in [4.78, 5) is 15.5. The topological polar surface area (TPSA) is 38.8 Å². The van der Waals surface area contributed by atoms with Gasteiger partial charge in [-0.3, -0.25) is 4.79 Å². The summed E-state index contributed by atoms with van der Waals surface area (Å²) in [5.41, 5.74) is 1.77. The Morgan fingerprint density at radius 3 is 2.52 bits per heavy atom. The van der Waals surface area contributed by atoms with E-state index in [-0.39, 0.29) is 12.2 Å². The molecule has 1 aromatic carbocycles. The van der Waals surface area contributed by atoms with Gasteiger partial charge < -0.3 is 14.4 Å². The minimum atomic E-state index is -0.306. The summed E-state index contributed by atoms with van der Waals surface area (Å²) in [6, 6.07) is 9.00. The van der Waals surface area contributed by atoms with Crippen molar-refractivity contribution in [2.24, 2.45) is 5.92 Å². The van der Waals surface area contributed by atoms with E-state index < -0.39 is 0 Å². The molecule has 4 heteroatoms. The minimum absolute atomic E-state index is 0.169. The number of hydrogen-bond donors (Lipinski definition) is 0. The lowest BCUT2D eigenvalue weighted by atomic mass is 9.76. The Morgan fingerprint density at radius 2 is 1.83 bits per heavy atom. The fraction of sp³-hybridized carbons (Fsp3) is 0.632. The van der Waals surface area contributed by atoms with Crippen LogP contribution in [0.5, 0.6) is 0 Å². The highest BCUT2D eigenvalue weighted by Gasteiger charge is 2.38. The molecule has 0 amide bonds. The Bertz CT molecular complexity index is 568. The minimum Gasteiger partial charge on any atom is -0.346 e. The maximum Gasteiger partial charge on any atom is 0.184 e. The van der Waals surface area contributed by atoms with Crippen molar-refractivity contribution in [2.75, 3.05) is 20.3 Å². The van der Waals surface area contributed by atoms with Gasteiger partial charge in [-0.15, -0.1) is 0 Å². The number of ether oxygens (including phenoxy) is 2. The van der Waals surface area contributed by atoms with E-state index >= 15 is 0 Å². The van der Waals surface area contributed by atoms with E-state index in [4.69, 9.17) is 9.47 Å². The maximum absolute atomic E-state index is 13.0. The van der Waals surface area contributed by atoms with Crippen molar-refractivity contribution in [1.29, 1.82) is 0 Å². The zero-order valence-electron chi connectivity index (χ0n) is 13.7. The van der Waals surface area contributed by atoms with Gasteiger partial charge in [-0.2, -0.15) is 0 Å². The van der Waals surface area contributed by atoms with Gasteiger partial charge in [-0.25, -0.2) is 0 Å². The first-order valence-electron chi connectivity index (χ1n) is 8.81. The van der Waals surface area contributed by atoms with Crippen molar-refractivity contribution in [3.8, 4) is 0 Å². The van der Waals surface area contributed by atoms with Gasteiger partial charge in [0.1, 0.15) is 0 Å². The maximum atomic E-state index is 13.0. The largest absolute Gasteiger partial charge is 0.346 e. The summed E-state index contributed by atoms with van der Waals surface area (Å²) in [6.07, 6.45) is 5.49. The van der Waals surface area contributed by atoms with Gasteiger partial charge in [-0.1, -0.05) is 24.6 Å². The quantitative estimate of drug-likeness (QED) is 0.803. The first kappa shape index (κ1) is 15.3. The number of hydrogen-bond acceptors (Lipinski definition) is 4. The Labute approximate surface area is 137 Å². The number of Topliss-reactive ketones (excluding diaryl/α,β-unsaturated/α-hetero) is 1. The number of carbonyl (C=O) groups excluding carboxylic acids is 1. The zero-order chi connectivity index (χ0) is 15.8. The van der Waals surface area contributed by atoms with Crippen molar-refractivity contribution in [3.05, 3.63) is 35.4 Å². The monoisotopic (exact) mass is 315 g/mol. The average molecular weight is 315 g/mol. The number of fused-ring (bicyclic) bond motifs is 2. The molecule has 3 aliphatic rings. The van der Waals surface area contributed by atoms with Gasteiger partial charge in [0, 0.05) is 29.1 Å². The summed E-state index contributed by atoms with van der Waals surface area (Å²) in [7, 11) is 2.23. The van der Waals surface area contributed by atoms with Crippen LogP contribution in [0.3, 0.4) is 0 Å². The Hall–Kier alpha value is -1.23. The first-order chi connectivity index (χ1) is 11.2. The van der Waals surface area contributed by atoms with E-state index in [1.807, 2.05) is 24.3 Å². The van der Waals surface area contributed by atoms with Crippen LogP contribution >= 0.6 is 0 Å². The number of benzene rings is 1. The van der Waals surface area contributed by atoms with Gasteiger partial charge in [0.25, 0.3) is 0 Å². The molecule has 3 heterocycles. The molecule has 0 aromatic heterocycles. The highest BCUT2D eigenvalue weighted by atomic mass is 16.7. The number of carbonyl (C=O) groups is 1. The molecule has 0 saturated carbocycles. The number of nitrogens with zero attached hydrogens (tertiary/aromatic N) is 1. The third-order valence-corrected chi connectivity index (χ3v) is 5.78. The molecule has 1 aromatic rings. The lowest BCUT2D eigenvalue weighted by Gasteiger charge is -2.46. The SMILES string of the molecule is CN1C2CCCC1CC(C(=O)c1cccc(C3OCCO3)c1)C2. The predicted molar refractivity (Wildman–Crippen MR) is 87.3 cm³/mol. The number of piperidine rings is 2. The van der Waals surface area contributed by atoms with Gasteiger partial charge in [0.15, 0.2) is 12.1 Å². The van der Waals surface area contributed by atoms with Crippen LogP contribution in [0.2, 0.25) is 0 Å². The highest BCUT2D eigenvalue weighted by Crippen LogP contribution is 2.37. The standard InChI is InChI=1S/C19H25NO3/c1-20-16-6-3-7-17(20)12-15(11-16)18(21)13-4-2-5-14(10-13)19-22-8-9-23-19/h2,4-5,10,15-17,19H,3,6-9,11-12H2,1H3. The fourth-order valence-electron chi connectivity index (χ4n) is 4.46. The van der Waals surface area contributed by atoms with Crippen molar-refractivity contribution in [1.82, 2.24) is 4.90 Å². The molecular weight excluding hydrogens is 290 g/mol. The molecule has 23 heavy (non-hydrogen) atoms. The van der Waals surface area contributed by atoms with E-state index in [1.165, 1.54) is 19.3 Å². The highest BCUT2D eigenvalue weighted by molar-refractivity contribution is 5.98. The van der Waals surface area contributed by atoms with E-state index in [0.717, 1.165) is 24.0 Å². The average Bonchev–Trinajstić information content (AvgIpc) is 3.08. The molecular formula is C19H25NO3. The van der Waals surface area contributed by atoms with Crippen molar-refractivity contribution in [2.45, 2.75) is 50.5 Å². The van der Waals surface area contributed by atoms with Crippen LogP contribution in [-0.2, 0) is 9.47 Å². The lowest BCUT2D eigenvalue weighted by molar-refractivity contribution is -0.0441. The van der Waals surface area contributed by atoms with Crippen LogP contribution in [0.15, 0.2) is 24.3 Å². The van der Waals surface area contributed by atoms with Crippen molar-refractivity contribution >= 4 is 5.78 Å². The van der Waals surface area contributed by atoms with E-state index in [0.29, 0.717) is 31.1 Å². The zero-order valence-corrected chi connectivity index (χ0v) is 13.7. The third kappa shape index (κ3) is 2.95. The van der Waals surface area contributed by atoms with Crippen LogP contribution in [-0.4, -0.2) is 43.0 Å². The fourth-order valence-corrected chi connectivity index (χ4v) is 4.46. The van der Waals surface area contributed by atoms with Crippen LogP contribution in [0.1, 0.15) is 54.3 Å². The Kier molecular flexibility index (Phi) is 4.22. The molecule has 2 bridgehead atoms. The molecule has 4 rings (SSSR count). The Balaban J connectivity index is 1.51. The first-order valence-corrected chi connectivity index (χ1v) is 8.81. The third-order valence-electron chi connectivity index (χ3n) is 5.78. The van der Waals surface area contributed by atoms with Crippen LogP contribution < -0.4 is 0 Å². The molecule has 3 fully saturated rings. The van der Waals surface area contributed by atoms with Crippen molar-refractivity contribution < 1.29 is 14.3 Å². The second-order valence-corrected chi connectivity index (χ2v) is 7.14. The molecule has 3 aliphatic heterocycles. The van der Waals surface area contributed by atoms with Gasteiger partial charge in [-0.05, 0) is 38.8 Å². The van der Waals surface area contributed by atoms with Crippen LogP contribution in [0.4, 0.5) is 0 Å². The molecule has 2 atom stereocenters. The second kappa shape index (κ2) is 6.34. The molecule has 0 radical (unpaired) electrons. The van der Waals surface area contributed by atoms with Crippen LogP contribution in [0, 0.1) is 5.92 Å². The van der Waals surface area contributed by atoms with Crippen molar-refractivity contribution in [3.63, 3.8) is 0 Å². The number of rotatable bonds is 3. The summed E-state index contributed by atoms with van der Waals surface area (Å²) in [6.45, 7) is 1.25. The Morgan fingerprint density at radius 1 is 1.13 bits per heavy atom. The molecule has 3 saturated heterocycles. The predicted octanol–water partition coefficient (Wildman–Crippen LogP) is 3.18. The summed E-state index contributed by atoms with van der Waals surface area (Å²) in [5.74, 6) is 0.469. The summed E-state index contributed by atoms with van der Waals surface area (Å²) >= 11 is 0. The second-order valence-electron chi connectivity index (χ2n) is 7.14. The lowest BCUT2D eigenvalue weighted by Crippen LogP contribution is -2.51. The van der Waals surface area contributed by atoms with E-state index in [9.17, 15) is 4.79 Å². The van der Waals surface area contributed by atoms with Crippen LogP contribution in [0.25, 0.3) is 0 Å². The number of ketones is 1. The summed E-state index contributed by atoms with van der Waals surface area (Å²) in [5, 5.41) is 0. The molecule has 0 spiro atoms. The van der Waals surface area contributed by atoms with E-state index in [2.05, 4.69) is 11.9 Å².